The SMILES string of the molecule is CN=Cc1cc(F)ccc1N. The summed E-state index contributed by atoms with van der Waals surface area (Å²) in [6, 6.07) is 4.19. The smallest absolute Gasteiger partial charge is 0.124 e. The molecule has 11 heavy (non-hydrogen) atoms. The molecule has 0 aliphatic rings. The van der Waals surface area contributed by atoms with Crippen molar-refractivity contribution in [2.45, 2.75) is 0 Å². The Balaban J connectivity index is 3.12. The van der Waals surface area contributed by atoms with Gasteiger partial charge in [-0.15, -0.1) is 0 Å². The molecule has 0 aliphatic heterocycles. The van der Waals surface area contributed by atoms with Gasteiger partial charge in [0.05, 0.1) is 0 Å². The molecule has 2 nitrogen and oxygen atoms in total. The molecular formula is C8H9FN2. The molecule has 0 saturated carbocycles. The maximum absolute atomic E-state index is 12.6. The summed E-state index contributed by atoms with van der Waals surface area (Å²) in [5.41, 5.74) is 6.67. The van der Waals surface area contributed by atoms with Crippen molar-refractivity contribution in [3.63, 3.8) is 0 Å². The van der Waals surface area contributed by atoms with E-state index in [2.05, 4.69) is 4.99 Å². The Hall–Kier alpha value is -1.38. The number of anilines is 1. The number of benzene rings is 1. The molecule has 0 aromatic heterocycles. The van der Waals surface area contributed by atoms with Crippen molar-refractivity contribution in [2.24, 2.45) is 4.99 Å². The topological polar surface area (TPSA) is 38.4 Å². The predicted octanol–water partition coefficient (Wildman–Crippen LogP) is 1.46. The Labute approximate surface area is 64.6 Å². The summed E-state index contributed by atoms with van der Waals surface area (Å²) in [4.78, 5) is 3.74. The monoisotopic (exact) mass is 152 g/mol. The molecule has 1 aromatic carbocycles. The van der Waals surface area contributed by atoms with E-state index in [-0.39, 0.29) is 5.82 Å². The van der Waals surface area contributed by atoms with Gasteiger partial charge in [-0.05, 0) is 18.2 Å². The summed E-state index contributed by atoms with van der Waals surface area (Å²) in [6.07, 6.45) is 1.53. The van der Waals surface area contributed by atoms with Gasteiger partial charge in [-0.1, -0.05) is 0 Å². The fourth-order valence-electron chi connectivity index (χ4n) is 0.797. The van der Waals surface area contributed by atoms with Gasteiger partial charge in [-0.3, -0.25) is 4.99 Å². The lowest BCUT2D eigenvalue weighted by molar-refractivity contribution is 0.628. The maximum atomic E-state index is 12.6. The lowest BCUT2D eigenvalue weighted by atomic mass is 10.2. The van der Waals surface area contributed by atoms with Crippen molar-refractivity contribution < 1.29 is 4.39 Å². The predicted molar refractivity (Wildman–Crippen MR) is 44.3 cm³/mol. The molecule has 3 heteroatoms. The lowest BCUT2D eigenvalue weighted by Crippen LogP contribution is -1.93. The Morgan fingerprint density at radius 1 is 1.55 bits per heavy atom. The largest absolute Gasteiger partial charge is 0.398 e. The Morgan fingerprint density at radius 3 is 2.91 bits per heavy atom. The first-order chi connectivity index (χ1) is 5.24. The summed E-state index contributed by atoms with van der Waals surface area (Å²) in [6.45, 7) is 0. The second-order valence-corrected chi connectivity index (χ2v) is 2.16. The molecular weight excluding hydrogens is 143 g/mol. The van der Waals surface area contributed by atoms with Crippen LogP contribution in [0.4, 0.5) is 10.1 Å². The van der Waals surface area contributed by atoms with Gasteiger partial charge in [0.1, 0.15) is 5.82 Å². The van der Waals surface area contributed by atoms with Crippen LogP contribution in [0.3, 0.4) is 0 Å². The van der Waals surface area contributed by atoms with Gasteiger partial charge in [0, 0.05) is 24.5 Å². The highest BCUT2D eigenvalue weighted by Gasteiger charge is 1.96. The maximum Gasteiger partial charge on any atom is 0.124 e. The Bertz CT molecular complexity index is 281. The third-order valence-corrected chi connectivity index (χ3v) is 1.32. The molecule has 0 saturated heterocycles. The van der Waals surface area contributed by atoms with Crippen LogP contribution in [-0.2, 0) is 0 Å². The number of aliphatic imine (C=N–C) groups is 1. The highest BCUT2D eigenvalue weighted by atomic mass is 19.1. The number of nitrogens with two attached hydrogens (primary N) is 1. The van der Waals surface area contributed by atoms with Crippen LogP contribution in [-0.4, -0.2) is 13.3 Å². The normalized spacial score (nSPS) is 10.7. The van der Waals surface area contributed by atoms with E-state index in [4.69, 9.17) is 5.73 Å². The first-order valence-corrected chi connectivity index (χ1v) is 3.21. The zero-order chi connectivity index (χ0) is 8.27. The highest BCUT2D eigenvalue weighted by molar-refractivity contribution is 5.86. The van der Waals surface area contributed by atoms with Gasteiger partial charge >= 0.3 is 0 Å². The standard InChI is InChI=1S/C8H9FN2/c1-11-5-6-4-7(9)2-3-8(6)10/h2-5H,10H2,1H3. The minimum absolute atomic E-state index is 0.297. The highest BCUT2D eigenvalue weighted by Crippen LogP contribution is 2.10. The van der Waals surface area contributed by atoms with Crippen molar-refractivity contribution >= 4 is 11.9 Å². The van der Waals surface area contributed by atoms with Crippen LogP contribution in [0.2, 0.25) is 0 Å². The fourth-order valence-corrected chi connectivity index (χ4v) is 0.797. The lowest BCUT2D eigenvalue weighted by Gasteiger charge is -1.97. The zero-order valence-electron chi connectivity index (χ0n) is 6.21. The summed E-state index contributed by atoms with van der Waals surface area (Å²) in [7, 11) is 1.62. The van der Waals surface area contributed by atoms with E-state index in [9.17, 15) is 4.39 Å². The van der Waals surface area contributed by atoms with Crippen molar-refractivity contribution in [1.82, 2.24) is 0 Å². The van der Waals surface area contributed by atoms with Crippen molar-refractivity contribution in [2.75, 3.05) is 12.8 Å². The average molecular weight is 152 g/mol. The van der Waals surface area contributed by atoms with Crippen LogP contribution in [0, 0.1) is 5.82 Å². The average Bonchev–Trinajstić information content (AvgIpc) is 1.98. The molecule has 0 spiro atoms. The summed E-state index contributed by atoms with van der Waals surface area (Å²) in [5, 5.41) is 0. The van der Waals surface area contributed by atoms with Crippen LogP contribution >= 0.6 is 0 Å². The molecule has 1 aromatic rings. The molecule has 0 amide bonds. The van der Waals surface area contributed by atoms with Gasteiger partial charge in [0.25, 0.3) is 0 Å². The zero-order valence-corrected chi connectivity index (χ0v) is 6.21. The summed E-state index contributed by atoms with van der Waals surface area (Å²) < 4.78 is 12.6. The number of hydrogen-bond acceptors (Lipinski definition) is 2. The van der Waals surface area contributed by atoms with Crippen LogP contribution in [0.25, 0.3) is 0 Å². The Morgan fingerprint density at radius 2 is 2.27 bits per heavy atom. The molecule has 0 aliphatic carbocycles. The van der Waals surface area contributed by atoms with E-state index >= 15 is 0 Å². The molecule has 58 valence electrons. The second kappa shape index (κ2) is 3.14. The fraction of sp³-hybridized carbons (Fsp3) is 0.125. The van der Waals surface area contributed by atoms with E-state index in [0.717, 1.165) is 0 Å². The van der Waals surface area contributed by atoms with Crippen LogP contribution < -0.4 is 5.73 Å². The van der Waals surface area contributed by atoms with E-state index in [1.54, 1.807) is 7.05 Å². The summed E-state index contributed by atoms with van der Waals surface area (Å²) in [5.74, 6) is -0.297. The number of hydrogen-bond donors (Lipinski definition) is 1. The Kier molecular flexibility index (Phi) is 2.21. The van der Waals surface area contributed by atoms with E-state index in [1.165, 1.54) is 24.4 Å². The van der Waals surface area contributed by atoms with Crippen molar-refractivity contribution in [3.8, 4) is 0 Å². The number of nitrogen functional groups attached to an aromatic ring is 1. The van der Waals surface area contributed by atoms with Crippen LogP contribution in [0.5, 0.6) is 0 Å². The first-order valence-electron chi connectivity index (χ1n) is 3.21. The molecule has 0 radical (unpaired) electrons. The molecule has 0 fully saturated rings. The summed E-state index contributed by atoms with van der Waals surface area (Å²) >= 11 is 0. The minimum atomic E-state index is -0.297. The van der Waals surface area contributed by atoms with E-state index < -0.39 is 0 Å². The van der Waals surface area contributed by atoms with E-state index in [1.807, 2.05) is 0 Å². The van der Waals surface area contributed by atoms with E-state index in [0.29, 0.717) is 11.3 Å². The van der Waals surface area contributed by atoms with Crippen LogP contribution in [0.1, 0.15) is 5.56 Å². The molecule has 0 atom stereocenters. The van der Waals surface area contributed by atoms with Crippen molar-refractivity contribution in [1.29, 1.82) is 0 Å². The first kappa shape index (κ1) is 7.72. The molecule has 0 bridgehead atoms. The third kappa shape index (κ3) is 1.77. The van der Waals surface area contributed by atoms with Crippen LogP contribution in [0.15, 0.2) is 23.2 Å². The van der Waals surface area contributed by atoms with Gasteiger partial charge in [-0.2, -0.15) is 0 Å². The van der Waals surface area contributed by atoms with Crippen molar-refractivity contribution in [3.05, 3.63) is 29.6 Å². The van der Waals surface area contributed by atoms with Gasteiger partial charge in [-0.25, -0.2) is 4.39 Å². The minimum Gasteiger partial charge on any atom is -0.398 e. The molecule has 0 heterocycles. The quantitative estimate of drug-likeness (QED) is 0.480. The molecule has 0 unspecified atom stereocenters. The molecule has 1 rings (SSSR count). The third-order valence-electron chi connectivity index (χ3n) is 1.32. The molecule has 2 N–H and O–H groups in total. The van der Waals surface area contributed by atoms with Gasteiger partial charge < -0.3 is 5.73 Å². The second-order valence-electron chi connectivity index (χ2n) is 2.16. The number of halogens is 1. The number of nitrogens with zero attached hydrogens (tertiary/aromatic N) is 1. The number of rotatable bonds is 1. The van der Waals surface area contributed by atoms with Gasteiger partial charge in [0.2, 0.25) is 0 Å². The van der Waals surface area contributed by atoms with Gasteiger partial charge in [0.15, 0.2) is 0 Å².